The van der Waals surface area contributed by atoms with E-state index >= 15 is 0 Å². The van der Waals surface area contributed by atoms with Crippen molar-refractivity contribution in [3.63, 3.8) is 0 Å². The molecule has 0 saturated heterocycles. The van der Waals surface area contributed by atoms with E-state index in [1.807, 2.05) is 52.9 Å². The summed E-state index contributed by atoms with van der Waals surface area (Å²) in [4.78, 5) is 24.3. The molecule has 18 heavy (non-hydrogen) atoms. The van der Waals surface area contributed by atoms with Crippen molar-refractivity contribution in [1.29, 1.82) is 0 Å². The van der Waals surface area contributed by atoms with Crippen LogP contribution in [0.3, 0.4) is 0 Å². The molecule has 2 rings (SSSR count). The van der Waals surface area contributed by atoms with E-state index in [4.69, 9.17) is 0 Å². The highest BCUT2D eigenvalue weighted by molar-refractivity contribution is 14.1. The van der Waals surface area contributed by atoms with Crippen LogP contribution >= 0.6 is 22.6 Å². The summed E-state index contributed by atoms with van der Waals surface area (Å²) in [6.45, 7) is 3.69. The van der Waals surface area contributed by atoms with Crippen LogP contribution in [-0.2, 0) is 9.59 Å². The van der Waals surface area contributed by atoms with Crippen molar-refractivity contribution in [3.8, 4) is 0 Å². The first-order valence-corrected chi connectivity index (χ1v) is 7.26. The Hall–Kier alpha value is -1.17. The molecule has 2 unspecified atom stereocenters. The van der Waals surface area contributed by atoms with E-state index in [-0.39, 0.29) is 17.6 Å². The lowest BCUT2D eigenvalue weighted by Crippen LogP contribution is -2.34. The van der Waals surface area contributed by atoms with Gasteiger partial charge in [-0.2, -0.15) is 0 Å². The fourth-order valence-corrected chi connectivity index (χ4v) is 2.84. The number of halogens is 1. The first kappa shape index (κ1) is 13.3. The van der Waals surface area contributed by atoms with Crippen LogP contribution in [0, 0.1) is 11.3 Å². The van der Waals surface area contributed by atoms with Gasteiger partial charge in [-0.05, 0) is 24.5 Å². The van der Waals surface area contributed by atoms with E-state index in [1.54, 1.807) is 6.08 Å². The number of carbonyl (C=O) groups excluding carboxylic acids is 2. The predicted octanol–water partition coefficient (Wildman–Crippen LogP) is 2.82. The quantitative estimate of drug-likeness (QED) is 0.382. The molecule has 1 aliphatic carbocycles. The summed E-state index contributed by atoms with van der Waals surface area (Å²) in [5.41, 5.74) is -0.156. The van der Waals surface area contributed by atoms with Crippen LogP contribution in [-0.4, -0.2) is 16.1 Å². The molecule has 1 fully saturated rings. The fourth-order valence-electron chi connectivity index (χ4n) is 2.16. The average Bonchev–Trinajstić information content (AvgIpc) is 3.15. The molecular formula is C14H14INO2. The number of hydrogen-bond acceptors (Lipinski definition) is 2. The number of alkyl halides is 1. The zero-order valence-electron chi connectivity index (χ0n) is 9.86. The molecular weight excluding hydrogens is 341 g/mol. The predicted molar refractivity (Wildman–Crippen MR) is 79.7 cm³/mol. The Labute approximate surface area is 120 Å². The number of nitrogens with one attached hydrogen (secondary N) is 1. The van der Waals surface area contributed by atoms with Crippen molar-refractivity contribution < 1.29 is 9.59 Å². The molecule has 0 spiro atoms. The Morgan fingerprint density at radius 1 is 1.44 bits per heavy atom. The highest BCUT2D eigenvalue weighted by Gasteiger charge is 2.63. The van der Waals surface area contributed by atoms with Gasteiger partial charge in [-0.15, -0.1) is 6.58 Å². The van der Waals surface area contributed by atoms with Gasteiger partial charge in [0.15, 0.2) is 5.78 Å². The lowest BCUT2D eigenvalue weighted by Gasteiger charge is -2.14. The van der Waals surface area contributed by atoms with Gasteiger partial charge in [0.05, 0.1) is 4.43 Å². The number of hydrogen-bond donors (Lipinski definition) is 1. The van der Waals surface area contributed by atoms with Gasteiger partial charge in [-0.25, -0.2) is 0 Å². The minimum absolute atomic E-state index is 0.0126. The van der Waals surface area contributed by atoms with Crippen LogP contribution in [0.15, 0.2) is 43.0 Å². The summed E-state index contributed by atoms with van der Waals surface area (Å²) >= 11 is 2.01. The van der Waals surface area contributed by atoms with Crippen LogP contribution in [0.4, 0.5) is 5.69 Å². The number of benzene rings is 1. The Bertz CT molecular complexity index is 486. The van der Waals surface area contributed by atoms with Crippen molar-refractivity contribution in [1.82, 2.24) is 0 Å². The lowest BCUT2D eigenvalue weighted by molar-refractivity contribution is -0.131. The molecule has 1 N–H and O–H groups in total. The average molecular weight is 355 g/mol. The molecule has 1 aliphatic rings. The summed E-state index contributed by atoms with van der Waals surface area (Å²) in [7, 11) is 0. The Morgan fingerprint density at radius 3 is 2.61 bits per heavy atom. The minimum atomic E-state index is -0.876. The number of amides is 1. The number of anilines is 1. The third-order valence-electron chi connectivity index (χ3n) is 3.36. The van der Waals surface area contributed by atoms with Gasteiger partial charge in [0.1, 0.15) is 5.41 Å². The van der Waals surface area contributed by atoms with Gasteiger partial charge in [0, 0.05) is 5.69 Å². The number of allylic oxidation sites excluding steroid dienone is 1. The van der Waals surface area contributed by atoms with Gasteiger partial charge >= 0.3 is 0 Å². The molecule has 1 aromatic rings. The zero-order chi connectivity index (χ0) is 13.2. The van der Waals surface area contributed by atoms with Crippen molar-refractivity contribution in [3.05, 3.63) is 43.0 Å². The third kappa shape index (κ3) is 2.21. The Morgan fingerprint density at radius 2 is 2.11 bits per heavy atom. The summed E-state index contributed by atoms with van der Waals surface area (Å²) in [6, 6.07) is 9.20. The molecule has 0 heterocycles. The summed E-state index contributed by atoms with van der Waals surface area (Å²) in [5, 5.41) is 2.81. The van der Waals surface area contributed by atoms with Crippen LogP contribution in [0.5, 0.6) is 0 Å². The maximum absolute atomic E-state index is 12.3. The second-order valence-electron chi connectivity index (χ2n) is 4.39. The number of carbonyl (C=O) groups is 2. The minimum Gasteiger partial charge on any atom is -0.325 e. The molecule has 2 atom stereocenters. The second kappa shape index (κ2) is 5.22. The maximum Gasteiger partial charge on any atom is 0.238 e. The topological polar surface area (TPSA) is 46.2 Å². The highest BCUT2D eigenvalue weighted by atomic mass is 127. The molecule has 4 heteroatoms. The molecule has 1 amide bonds. The first-order chi connectivity index (χ1) is 8.65. The van der Waals surface area contributed by atoms with E-state index in [0.717, 1.165) is 5.69 Å². The third-order valence-corrected chi connectivity index (χ3v) is 4.05. The van der Waals surface area contributed by atoms with Gasteiger partial charge in [-0.3, -0.25) is 9.59 Å². The van der Waals surface area contributed by atoms with Crippen LogP contribution in [0.25, 0.3) is 0 Å². The smallest absolute Gasteiger partial charge is 0.238 e. The molecule has 3 nitrogen and oxygen atoms in total. The van der Waals surface area contributed by atoms with E-state index in [1.165, 1.54) is 0 Å². The summed E-state index contributed by atoms with van der Waals surface area (Å²) in [6.07, 6.45) is 2.28. The number of ketones is 1. The molecule has 0 aromatic heterocycles. The van der Waals surface area contributed by atoms with Gasteiger partial charge in [-0.1, -0.05) is 46.9 Å². The summed E-state index contributed by atoms with van der Waals surface area (Å²) in [5.74, 6) is -0.245. The van der Waals surface area contributed by atoms with E-state index in [0.29, 0.717) is 10.8 Å². The SMILES string of the molecule is C=CC1CC1(C(=O)CI)C(=O)Nc1ccccc1. The number of para-hydroxylation sites is 1. The number of rotatable bonds is 5. The molecule has 94 valence electrons. The summed E-state index contributed by atoms with van der Waals surface area (Å²) < 4.78 is 0.351. The van der Waals surface area contributed by atoms with Crippen molar-refractivity contribution in [2.75, 3.05) is 9.74 Å². The monoisotopic (exact) mass is 355 g/mol. The van der Waals surface area contributed by atoms with Crippen molar-refractivity contribution in [2.45, 2.75) is 6.42 Å². The fraction of sp³-hybridized carbons (Fsp3) is 0.286. The Kier molecular flexibility index (Phi) is 3.85. The first-order valence-electron chi connectivity index (χ1n) is 5.73. The van der Waals surface area contributed by atoms with E-state index in [9.17, 15) is 9.59 Å². The number of Topliss-reactive ketones (excluding diaryl/α,β-unsaturated/α-hetero) is 1. The Balaban J connectivity index is 2.17. The molecule has 0 aliphatic heterocycles. The van der Waals surface area contributed by atoms with Crippen LogP contribution in [0.1, 0.15) is 6.42 Å². The van der Waals surface area contributed by atoms with Crippen molar-refractivity contribution in [2.24, 2.45) is 11.3 Å². The normalized spacial score (nSPS) is 25.3. The van der Waals surface area contributed by atoms with Crippen molar-refractivity contribution >= 4 is 40.0 Å². The van der Waals surface area contributed by atoms with Gasteiger partial charge in [0.25, 0.3) is 0 Å². The molecule has 0 radical (unpaired) electrons. The standard InChI is InChI=1S/C14H14INO2/c1-2-10-8-14(10,12(17)9-15)13(18)16-11-6-4-3-5-7-11/h2-7,10H,1,8-9H2,(H,16,18). The lowest BCUT2D eigenvalue weighted by atomic mass is 9.97. The molecule has 1 saturated carbocycles. The van der Waals surface area contributed by atoms with Gasteiger partial charge in [0.2, 0.25) is 5.91 Å². The highest BCUT2D eigenvalue weighted by Crippen LogP contribution is 2.55. The maximum atomic E-state index is 12.3. The largest absolute Gasteiger partial charge is 0.325 e. The van der Waals surface area contributed by atoms with Gasteiger partial charge < -0.3 is 5.32 Å². The molecule has 0 bridgehead atoms. The van der Waals surface area contributed by atoms with E-state index < -0.39 is 5.41 Å². The second-order valence-corrected chi connectivity index (χ2v) is 5.16. The van der Waals surface area contributed by atoms with Crippen LogP contribution in [0.2, 0.25) is 0 Å². The zero-order valence-corrected chi connectivity index (χ0v) is 12.0. The van der Waals surface area contributed by atoms with E-state index in [2.05, 4.69) is 11.9 Å². The molecule has 1 aromatic carbocycles. The van der Waals surface area contributed by atoms with Crippen LogP contribution < -0.4 is 5.32 Å².